The van der Waals surface area contributed by atoms with Gasteiger partial charge < -0.3 is 19.9 Å². The fourth-order valence-electron chi connectivity index (χ4n) is 4.78. The number of nitrogens with zero attached hydrogens (tertiary/aromatic N) is 4. The summed E-state index contributed by atoms with van der Waals surface area (Å²) in [5.74, 6) is 0.748. The minimum Gasteiger partial charge on any atom is -0.447 e. The van der Waals surface area contributed by atoms with Gasteiger partial charge in [-0.05, 0) is 69.7 Å². The van der Waals surface area contributed by atoms with Crippen LogP contribution in [0.2, 0.25) is 0 Å². The van der Waals surface area contributed by atoms with Gasteiger partial charge in [0.2, 0.25) is 11.9 Å². The zero-order chi connectivity index (χ0) is 23.5. The summed E-state index contributed by atoms with van der Waals surface area (Å²) in [4.78, 5) is 38.0. The fourth-order valence-corrected chi connectivity index (χ4v) is 4.78. The molecule has 0 unspecified atom stereocenters. The molecule has 0 bridgehead atoms. The van der Waals surface area contributed by atoms with E-state index in [0.29, 0.717) is 6.42 Å². The monoisotopic (exact) mass is 451 g/mol. The smallest absolute Gasteiger partial charge is 0.407 e. The molecule has 1 fully saturated rings. The Bertz CT molecular complexity index is 1000. The van der Waals surface area contributed by atoms with Crippen LogP contribution < -0.4 is 15.1 Å². The van der Waals surface area contributed by atoms with Gasteiger partial charge in [-0.15, -0.1) is 0 Å². The first kappa shape index (κ1) is 23.0. The number of amides is 2. The molecule has 2 atom stereocenters. The van der Waals surface area contributed by atoms with E-state index in [0.717, 1.165) is 41.4 Å². The van der Waals surface area contributed by atoms with Crippen LogP contribution in [0.5, 0.6) is 0 Å². The first-order valence-electron chi connectivity index (χ1n) is 11.8. The molecule has 2 aliphatic heterocycles. The van der Waals surface area contributed by atoms with Crippen molar-refractivity contribution < 1.29 is 14.3 Å². The number of hydrogen-bond acceptors (Lipinski definition) is 6. The van der Waals surface area contributed by atoms with Gasteiger partial charge in [0.25, 0.3) is 0 Å². The number of hydrogen-bond donors (Lipinski definition) is 1. The number of fused-ring (bicyclic) bond motifs is 1. The number of ether oxygens (including phenoxy) is 1. The second kappa shape index (κ2) is 9.77. The lowest BCUT2D eigenvalue weighted by atomic mass is 9.89. The molecule has 3 heterocycles. The summed E-state index contributed by atoms with van der Waals surface area (Å²) in [6.07, 6.45) is 7.26. The fraction of sp³-hybridized carbons (Fsp3) is 0.520. The van der Waals surface area contributed by atoms with Gasteiger partial charge in [-0.2, -0.15) is 0 Å². The molecule has 1 saturated heterocycles. The summed E-state index contributed by atoms with van der Waals surface area (Å²) in [7, 11) is 0. The quantitative estimate of drug-likeness (QED) is 0.739. The SMILES string of the molecule is CC(=O)N1c2ccc(-c3cnc(N4CCCCC4)nc3)cc2[C@@H](NC(=O)OC(C)C)C[C@H]1C. The maximum atomic E-state index is 12.4. The number of rotatable bonds is 4. The molecular formula is C25H33N5O3. The van der Waals surface area contributed by atoms with Gasteiger partial charge in [-0.1, -0.05) is 6.07 Å². The second-order valence-electron chi connectivity index (χ2n) is 9.22. The third-order valence-corrected chi connectivity index (χ3v) is 6.26. The molecule has 4 rings (SSSR count). The zero-order valence-corrected chi connectivity index (χ0v) is 19.9. The lowest BCUT2D eigenvalue weighted by molar-refractivity contribution is -0.117. The van der Waals surface area contributed by atoms with E-state index in [1.165, 1.54) is 19.3 Å². The van der Waals surface area contributed by atoms with Crippen LogP contribution in [0.1, 0.15) is 65.0 Å². The predicted octanol–water partition coefficient (Wildman–Crippen LogP) is 4.45. The van der Waals surface area contributed by atoms with Crippen molar-refractivity contribution >= 4 is 23.6 Å². The number of piperidine rings is 1. The number of benzene rings is 1. The normalized spacial score (nSPS) is 20.4. The topological polar surface area (TPSA) is 87.7 Å². The average molecular weight is 452 g/mol. The summed E-state index contributed by atoms with van der Waals surface area (Å²) in [6.45, 7) is 9.20. The molecule has 0 saturated carbocycles. The molecule has 8 heteroatoms. The number of carbonyl (C=O) groups is 2. The van der Waals surface area contributed by atoms with E-state index in [1.807, 2.05) is 51.4 Å². The molecule has 2 aromatic rings. The van der Waals surface area contributed by atoms with Gasteiger partial charge in [-0.25, -0.2) is 14.8 Å². The standard InChI is InChI=1S/C25H33N5O3/c1-16(2)33-25(32)28-22-12-17(3)30(18(4)31)23-9-8-19(13-21(22)23)20-14-26-24(27-15-20)29-10-6-5-7-11-29/h8-9,13-17,22H,5-7,10-12H2,1-4H3,(H,28,32)/t17-,22+/m1/s1. The van der Waals surface area contributed by atoms with E-state index < -0.39 is 6.09 Å². The van der Waals surface area contributed by atoms with Gasteiger partial charge in [0, 0.05) is 49.7 Å². The molecular weight excluding hydrogens is 418 g/mol. The van der Waals surface area contributed by atoms with Crippen molar-refractivity contribution in [1.29, 1.82) is 0 Å². The summed E-state index contributed by atoms with van der Waals surface area (Å²) in [5, 5.41) is 2.99. The highest BCUT2D eigenvalue weighted by atomic mass is 16.6. The van der Waals surface area contributed by atoms with E-state index >= 15 is 0 Å². The van der Waals surface area contributed by atoms with Crippen LogP contribution in [0.15, 0.2) is 30.6 Å². The third kappa shape index (κ3) is 5.10. The Morgan fingerprint density at radius 1 is 1.09 bits per heavy atom. The Balaban J connectivity index is 1.64. The Kier molecular flexibility index (Phi) is 6.81. The van der Waals surface area contributed by atoms with E-state index in [4.69, 9.17) is 4.74 Å². The van der Waals surface area contributed by atoms with E-state index in [2.05, 4.69) is 20.2 Å². The molecule has 1 aromatic heterocycles. The summed E-state index contributed by atoms with van der Waals surface area (Å²) in [6, 6.07) is 5.65. The number of alkyl carbamates (subject to hydrolysis) is 1. The van der Waals surface area contributed by atoms with Crippen LogP contribution in [0.4, 0.5) is 16.4 Å². The van der Waals surface area contributed by atoms with Gasteiger partial charge in [0.15, 0.2) is 0 Å². The molecule has 1 N–H and O–H groups in total. The summed E-state index contributed by atoms with van der Waals surface area (Å²) < 4.78 is 5.31. The highest BCUT2D eigenvalue weighted by Gasteiger charge is 2.34. The Morgan fingerprint density at radius 2 is 1.79 bits per heavy atom. The first-order valence-corrected chi connectivity index (χ1v) is 11.8. The van der Waals surface area contributed by atoms with Crippen LogP contribution >= 0.6 is 0 Å². The first-order chi connectivity index (χ1) is 15.8. The average Bonchev–Trinajstić information content (AvgIpc) is 2.79. The largest absolute Gasteiger partial charge is 0.447 e. The summed E-state index contributed by atoms with van der Waals surface area (Å²) >= 11 is 0. The van der Waals surface area contributed by atoms with Crippen LogP contribution in [0.25, 0.3) is 11.1 Å². The van der Waals surface area contributed by atoms with E-state index in [-0.39, 0.29) is 24.1 Å². The van der Waals surface area contributed by atoms with Gasteiger partial charge in [0.1, 0.15) is 0 Å². The van der Waals surface area contributed by atoms with Crippen molar-refractivity contribution in [3.63, 3.8) is 0 Å². The number of carbonyl (C=O) groups excluding carboxylic acids is 2. The van der Waals surface area contributed by atoms with E-state index in [1.54, 1.807) is 11.8 Å². The van der Waals surface area contributed by atoms with Gasteiger partial charge >= 0.3 is 6.09 Å². The Hall–Kier alpha value is -3.16. The molecule has 0 aliphatic carbocycles. The Labute approximate surface area is 195 Å². The third-order valence-electron chi connectivity index (χ3n) is 6.26. The van der Waals surface area contributed by atoms with Crippen LogP contribution in [-0.4, -0.2) is 47.2 Å². The Morgan fingerprint density at radius 3 is 2.42 bits per heavy atom. The van der Waals surface area contributed by atoms with Crippen LogP contribution in [-0.2, 0) is 9.53 Å². The molecule has 33 heavy (non-hydrogen) atoms. The van der Waals surface area contributed by atoms with Crippen molar-refractivity contribution in [2.75, 3.05) is 22.9 Å². The lowest BCUT2D eigenvalue weighted by Crippen LogP contribution is -2.45. The molecule has 0 spiro atoms. The number of nitrogens with one attached hydrogen (secondary N) is 1. The predicted molar refractivity (Wildman–Crippen MR) is 128 cm³/mol. The minimum atomic E-state index is -0.455. The highest BCUT2D eigenvalue weighted by molar-refractivity contribution is 5.94. The van der Waals surface area contributed by atoms with Crippen LogP contribution in [0, 0.1) is 0 Å². The van der Waals surface area contributed by atoms with Crippen molar-refractivity contribution in [1.82, 2.24) is 15.3 Å². The lowest BCUT2D eigenvalue weighted by Gasteiger charge is -2.39. The van der Waals surface area contributed by atoms with Crippen LogP contribution in [0.3, 0.4) is 0 Å². The number of aromatic nitrogens is 2. The van der Waals surface area contributed by atoms with E-state index in [9.17, 15) is 9.59 Å². The molecule has 0 radical (unpaired) electrons. The van der Waals surface area contributed by atoms with Crippen molar-refractivity contribution in [2.45, 2.75) is 71.6 Å². The van der Waals surface area contributed by atoms with Crippen molar-refractivity contribution in [3.05, 3.63) is 36.2 Å². The van der Waals surface area contributed by atoms with Crippen molar-refractivity contribution in [2.24, 2.45) is 0 Å². The highest BCUT2D eigenvalue weighted by Crippen LogP contribution is 2.39. The molecule has 8 nitrogen and oxygen atoms in total. The maximum Gasteiger partial charge on any atom is 0.407 e. The maximum absolute atomic E-state index is 12.4. The minimum absolute atomic E-state index is 0.0195. The molecule has 176 valence electrons. The van der Waals surface area contributed by atoms with Crippen molar-refractivity contribution in [3.8, 4) is 11.1 Å². The van der Waals surface area contributed by atoms with Gasteiger partial charge in [0.05, 0.1) is 12.1 Å². The summed E-state index contributed by atoms with van der Waals surface area (Å²) in [5.41, 5.74) is 3.54. The molecule has 2 amide bonds. The van der Waals surface area contributed by atoms with Gasteiger partial charge in [-0.3, -0.25) is 4.79 Å². The molecule has 2 aliphatic rings. The zero-order valence-electron chi connectivity index (χ0n) is 19.9. The second-order valence-corrected chi connectivity index (χ2v) is 9.22. The molecule has 1 aromatic carbocycles. The number of anilines is 2.